The molecule has 0 unspecified atom stereocenters. The summed E-state index contributed by atoms with van der Waals surface area (Å²) < 4.78 is 7.21. The van der Waals surface area contributed by atoms with Gasteiger partial charge in [-0.15, -0.1) is 11.3 Å². The van der Waals surface area contributed by atoms with Crippen molar-refractivity contribution in [2.24, 2.45) is 0 Å². The Balaban J connectivity index is 1.61. The second kappa shape index (κ2) is 6.97. The van der Waals surface area contributed by atoms with E-state index in [-0.39, 0.29) is 5.97 Å². The largest absolute Gasteiger partial charge is 0.462 e. The summed E-state index contributed by atoms with van der Waals surface area (Å²) in [7, 11) is 0. The van der Waals surface area contributed by atoms with Crippen molar-refractivity contribution in [3.63, 3.8) is 0 Å². The molecule has 0 fully saturated rings. The van der Waals surface area contributed by atoms with Crippen LogP contribution in [-0.2, 0) is 11.2 Å². The van der Waals surface area contributed by atoms with Gasteiger partial charge in [-0.1, -0.05) is 0 Å². The number of hydrogen-bond donors (Lipinski definition) is 0. The molecule has 0 aliphatic heterocycles. The van der Waals surface area contributed by atoms with E-state index in [1.807, 2.05) is 49.2 Å². The quantitative estimate of drug-likeness (QED) is 0.665. The van der Waals surface area contributed by atoms with Crippen molar-refractivity contribution < 1.29 is 9.53 Å². The molecule has 1 aromatic carbocycles. The maximum absolute atomic E-state index is 12.1. The minimum atomic E-state index is -0.308. The molecule has 0 aliphatic carbocycles. The highest BCUT2D eigenvalue weighted by Gasteiger charge is 2.10. The topological polar surface area (TPSA) is 57.0 Å². The predicted octanol–water partition coefficient (Wildman–Crippen LogP) is 3.65. The number of benzene rings is 1. The van der Waals surface area contributed by atoms with Gasteiger partial charge in [0.1, 0.15) is 0 Å². The number of hydrogen-bond acceptors (Lipinski definition) is 5. The van der Waals surface area contributed by atoms with Gasteiger partial charge in [0.05, 0.1) is 34.8 Å². The van der Waals surface area contributed by atoms with Crippen LogP contribution in [0.3, 0.4) is 0 Å². The van der Waals surface area contributed by atoms with Crippen LogP contribution in [0.2, 0.25) is 0 Å². The standard InChI is InChI=1S/C18H19N3O2S/c1-12-10-13(2)21(20-12)16-6-4-15(5-7-16)18(22)23-9-8-17-14(3)19-11-24-17/h4-7,10-11H,8-9H2,1-3H3. The highest BCUT2D eigenvalue weighted by atomic mass is 32.1. The van der Waals surface area contributed by atoms with E-state index in [1.165, 1.54) is 0 Å². The summed E-state index contributed by atoms with van der Waals surface area (Å²) in [6, 6.07) is 9.31. The Hall–Kier alpha value is -2.47. The van der Waals surface area contributed by atoms with Crippen LogP contribution < -0.4 is 0 Å². The number of nitrogens with zero attached hydrogens (tertiary/aromatic N) is 3. The van der Waals surface area contributed by atoms with E-state index in [2.05, 4.69) is 10.1 Å². The van der Waals surface area contributed by atoms with Gasteiger partial charge >= 0.3 is 5.97 Å². The number of thiazole rings is 1. The van der Waals surface area contributed by atoms with E-state index in [9.17, 15) is 4.79 Å². The maximum Gasteiger partial charge on any atom is 0.338 e. The lowest BCUT2D eigenvalue weighted by Crippen LogP contribution is -2.08. The summed E-state index contributed by atoms with van der Waals surface area (Å²) in [5.74, 6) is -0.308. The van der Waals surface area contributed by atoms with E-state index in [0.29, 0.717) is 18.6 Å². The van der Waals surface area contributed by atoms with Crippen molar-refractivity contribution in [3.8, 4) is 5.69 Å². The molecular formula is C18H19N3O2S. The molecule has 2 heterocycles. The molecule has 0 saturated carbocycles. The minimum absolute atomic E-state index is 0.308. The molecule has 124 valence electrons. The molecule has 2 aromatic heterocycles. The van der Waals surface area contributed by atoms with Crippen LogP contribution in [0.1, 0.15) is 32.3 Å². The fraction of sp³-hybridized carbons (Fsp3) is 0.278. The van der Waals surface area contributed by atoms with Gasteiger partial charge in [-0.05, 0) is 51.1 Å². The van der Waals surface area contributed by atoms with Gasteiger partial charge in [0.25, 0.3) is 0 Å². The van der Waals surface area contributed by atoms with Gasteiger partial charge in [-0.2, -0.15) is 5.10 Å². The lowest BCUT2D eigenvalue weighted by atomic mass is 10.2. The number of esters is 1. The molecule has 0 amide bonds. The van der Waals surface area contributed by atoms with Gasteiger partial charge in [-0.25, -0.2) is 14.5 Å². The summed E-state index contributed by atoms with van der Waals surface area (Å²) in [6.45, 7) is 6.29. The van der Waals surface area contributed by atoms with Gasteiger partial charge < -0.3 is 4.74 Å². The Morgan fingerprint density at radius 3 is 2.54 bits per heavy atom. The second-order valence-corrected chi connectivity index (χ2v) is 6.57. The van der Waals surface area contributed by atoms with Crippen LogP contribution in [0.15, 0.2) is 35.8 Å². The summed E-state index contributed by atoms with van der Waals surface area (Å²) >= 11 is 1.59. The zero-order chi connectivity index (χ0) is 17.1. The number of carbonyl (C=O) groups excluding carboxylic acids is 1. The van der Waals surface area contributed by atoms with Gasteiger partial charge in [-0.3, -0.25) is 0 Å². The summed E-state index contributed by atoms with van der Waals surface area (Å²) in [5, 5.41) is 4.44. The fourth-order valence-corrected chi connectivity index (χ4v) is 3.28. The van der Waals surface area contributed by atoms with Crippen molar-refractivity contribution in [2.75, 3.05) is 6.61 Å². The van der Waals surface area contributed by atoms with Gasteiger partial charge in [0.2, 0.25) is 0 Å². The average molecular weight is 341 g/mol. The van der Waals surface area contributed by atoms with Crippen LogP contribution in [0.5, 0.6) is 0 Å². The van der Waals surface area contributed by atoms with E-state index in [0.717, 1.165) is 27.6 Å². The zero-order valence-corrected chi connectivity index (χ0v) is 14.8. The van der Waals surface area contributed by atoms with E-state index >= 15 is 0 Å². The highest BCUT2D eigenvalue weighted by molar-refractivity contribution is 7.09. The monoisotopic (exact) mass is 341 g/mol. The highest BCUT2D eigenvalue weighted by Crippen LogP contribution is 2.15. The summed E-state index contributed by atoms with van der Waals surface area (Å²) in [6.07, 6.45) is 0.700. The summed E-state index contributed by atoms with van der Waals surface area (Å²) in [5.41, 5.74) is 6.31. The van der Waals surface area contributed by atoms with E-state index in [1.54, 1.807) is 23.5 Å². The molecule has 6 heteroatoms. The molecule has 0 bridgehead atoms. The van der Waals surface area contributed by atoms with E-state index < -0.39 is 0 Å². The first-order valence-corrected chi connectivity index (χ1v) is 8.62. The average Bonchev–Trinajstić information content (AvgIpc) is 3.12. The van der Waals surface area contributed by atoms with Crippen LogP contribution in [0.25, 0.3) is 5.69 Å². The Kier molecular flexibility index (Phi) is 4.76. The first-order valence-electron chi connectivity index (χ1n) is 7.74. The molecule has 0 atom stereocenters. The zero-order valence-electron chi connectivity index (χ0n) is 13.9. The van der Waals surface area contributed by atoms with Crippen molar-refractivity contribution >= 4 is 17.3 Å². The SMILES string of the molecule is Cc1cc(C)n(-c2ccc(C(=O)OCCc3scnc3C)cc2)n1. The fourth-order valence-electron chi connectivity index (χ4n) is 2.51. The molecule has 0 spiro atoms. The normalized spacial score (nSPS) is 10.8. The van der Waals surface area contributed by atoms with Gasteiger partial charge in [0.15, 0.2) is 0 Å². The number of aromatic nitrogens is 3. The van der Waals surface area contributed by atoms with Crippen LogP contribution >= 0.6 is 11.3 Å². The first kappa shape index (κ1) is 16.4. The smallest absolute Gasteiger partial charge is 0.338 e. The van der Waals surface area contributed by atoms with Crippen LogP contribution in [0.4, 0.5) is 0 Å². The number of aryl methyl sites for hydroxylation is 3. The van der Waals surface area contributed by atoms with Crippen molar-refractivity contribution in [2.45, 2.75) is 27.2 Å². The Bertz CT molecular complexity index is 850. The Morgan fingerprint density at radius 1 is 1.21 bits per heavy atom. The molecular weight excluding hydrogens is 322 g/mol. The number of carbonyl (C=O) groups is 1. The van der Waals surface area contributed by atoms with Crippen molar-refractivity contribution in [1.29, 1.82) is 0 Å². The number of rotatable bonds is 5. The molecule has 5 nitrogen and oxygen atoms in total. The third-order valence-electron chi connectivity index (χ3n) is 3.76. The molecule has 24 heavy (non-hydrogen) atoms. The lowest BCUT2D eigenvalue weighted by molar-refractivity contribution is 0.0510. The minimum Gasteiger partial charge on any atom is -0.462 e. The van der Waals surface area contributed by atoms with Crippen LogP contribution in [-0.4, -0.2) is 27.3 Å². The molecule has 0 aliphatic rings. The molecule has 0 saturated heterocycles. The van der Waals surface area contributed by atoms with Crippen LogP contribution in [0, 0.1) is 20.8 Å². The molecule has 0 radical (unpaired) electrons. The molecule has 3 rings (SSSR count). The third kappa shape index (κ3) is 3.54. The maximum atomic E-state index is 12.1. The summed E-state index contributed by atoms with van der Waals surface area (Å²) in [4.78, 5) is 17.5. The third-order valence-corrected chi connectivity index (χ3v) is 4.76. The van der Waals surface area contributed by atoms with E-state index in [4.69, 9.17) is 4.74 Å². The van der Waals surface area contributed by atoms with Crippen molar-refractivity contribution in [3.05, 3.63) is 63.4 Å². The first-order chi connectivity index (χ1) is 11.5. The predicted molar refractivity (Wildman–Crippen MR) is 93.9 cm³/mol. The lowest BCUT2D eigenvalue weighted by Gasteiger charge is -2.07. The molecule has 3 aromatic rings. The van der Waals surface area contributed by atoms with Crippen molar-refractivity contribution in [1.82, 2.24) is 14.8 Å². The molecule has 0 N–H and O–H groups in total. The Morgan fingerprint density at radius 2 is 1.96 bits per heavy atom. The second-order valence-electron chi connectivity index (χ2n) is 5.63. The Labute approximate surface area is 144 Å². The number of ether oxygens (including phenoxy) is 1. The van der Waals surface area contributed by atoms with Gasteiger partial charge in [0, 0.05) is 17.0 Å².